The van der Waals surface area contributed by atoms with E-state index in [0.29, 0.717) is 17.1 Å². The molecule has 0 atom stereocenters. The van der Waals surface area contributed by atoms with Crippen LogP contribution < -0.4 is 20.7 Å². The average molecular weight is 352 g/mol. The van der Waals surface area contributed by atoms with Crippen molar-refractivity contribution < 1.29 is 18.7 Å². The molecule has 24 heavy (non-hydrogen) atoms. The van der Waals surface area contributed by atoms with Crippen LogP contribution in [-0.2, 0) is 4.79 Å². The number of halogens is 2. The standard InChI is InChI=1S/C16H15ClFN3O3/c1-19-16(23)21-11-4-2-10(3-5-11)20-15(22)9-24-12-6-7-14(18)13(17)8-12/h2-8H,9H2,1H3,(H,20,22)(H2,19,21,23). The van der Waals surface area contributed by atoms with Crippen LogP contribution in [0, 0.1) is 5.82 Å². The summed E-state index contributed by atoms with van der Waals surface area (Å²) < 4.78 is 18.3. The monoisotopic (exact) mass is 351 g/mol. The normalized spacial score (nSPS) is 9.96. The van der Waals surface area contributed by atoms with E-state index in [1.807, 2.05) is 0 Å². The molecular formula is C16H15ClFN3O3. The Hall–Kier alpha value is -2.80. The predicted molar refractivity (Wildman–Crippen MR) is 90.1 cm³/mol. The first-order chi connectivity index (χ1) is 11.5. The molecule has 0 aromatic heterocycles. The molecule has 0 heterocycles. The van der Waals surface area contributed by atoms with E-state index in [0.717, 1.165) is 6.07 Å². The number of anilines is 2. The highest BCUT2D eigenvalue weighted by Crippen LogP contribution is 2.21. The van der Waals surface area contributed by atoms with E-state index >= 15 is 0 Å². The number of amides is 3. The summed E-state index contributed by atoms with van der Waals surface area (Å²) in [5, 5.41) is 7.59. The molecule has 0 aliphatic heterocycles. The molecule has 6 nitrogen and oxygen atoms in total. The number of rotatable bonds is 5. The molecule has 0 aliphatic carbocycles. The first-order valence-electron chi connectivity index (χ1n) is 6.94. The third kappa shape index (κ3) is 5.13. The van der Waals surface area contributed by atoms with Crippen LogP contribution in [-0.4, -0.2) is 25.6 Å². The van der Waals surface area contributed by atoms with Crippen molar-refractivity contribution in [3.8, 4) is 5.75 Å². The Morgan fingerprint density at radius 1 is 1.08 bits per heavy atom. The molecule has 8 heteroatoms. The molecule has 0 saturated heterocycles. The zero-order chi connectivity index (χ0) is 17.5. The minimum Gasteiger partial charge on any atom is -0.484 e. The van der Waals surface area contributed by atoms with Crippen LogP contribution >= 0.6 is 11.6 Å². The van der Waals surface area contributed by atoms with Crippen molar-refractivity contribution in [1.29, 1.82) is 0 Å². The van der Waals surface area contributed by atoms with E-state index in [1.165, 1.54) is 19.2 Å². The van der Waals surface area contributed by atoms with Crippen molar-refractivity contribution in [2.45, 2.75) is 0 Å². The second-order valence-electron chi connectivity index (χ2n) is 4.69. The SMILES string of the molecule is CNC(=O)Nc1ccc(NC(=O)COc2ccc(F)c(Cl)c2)cc1. The van der Waals surface area contributed by atoms with Crippen LogP contribution in [0.15, 0.2) is 42.5 Å². The van der Waals surface area contributed by atoms with Crippen molar-refractivity contribution in [1.82, 2.24) is 5.32 Å². The second-order valence-corrected chi connectivity index (χ2v) is 5.10. The van der Waals surface area contributed by atoms with Crippen molar-refractivity contribution in [2.75, 3.05) is 24.3 Å². The predicted octanol–water partition coefficient (Wildman–Crippen LogP) is 3.25. The highest BCUT2D eigenvalue weighted by atomic mass is 35.5. The van der Waals surface area contributed by atoms with Crippen LogP contribution in [0.2, 0.25) is 5.02 Å². The van der Waals surface area contributed by atoms with Gasteiger partial charge < -0.3 is 20.7 Å². The largest absolute Gasteiger partial charge is 0.484 e. The van der Waals surface area contributed by atoms with Gasteiger partial charge in [-0.1, -0.05) is 11.6 Å². The molecule has 0 bridgehead atoms. The highest BCUT2D eigenvalue weighted by Gasteiger charge is 2.06. The maximum atomic E-state index is 13.0. The lowest BCUT2D eigenvalue weighted by molar-refractivity contribution is -0.118. The number of nitrogens with one attached hydrogen (secondary N) is 3. The third-order valence-electron chi connectivity index (χ3n) is 2.91. The zero-order valence-corrected chi connectivity index (χ0v) is 13.5. The molecule has 0 radical (unpaired) electrons. The summed E-state index contributed by atoms with van der Waals surface area (Å²) in [6.45, 7) is -0.250. The summed E-state index contributed by atoms with van der Waals surface area (Å²) in [5.74, 6) is -0.650. The summed E-state index contributed by atoms with van der Waals surface area (Å²) in [5.41, 5.74) is 1.13. The summed E-state index contributed by atoms with van der Waals surface area (Å²) in [6.07, 6.45) is 0. The Morgan fingerprint density at radius 2 is 1.71 bits per heavy atom. The van der Waals surface area contributed by atoms with Gasteiger partial charge in [-0.2, -0.15) is 0 Å². The van der Waals surface area contributed by atoms with Crippen LogP contribution in [0.3, 0.4) is 0 Å². The Bertz CT molecular complexity index is 738. The molecule has 2 rings (SSSR count). The Morgan fingerprint density at radius 3 is 2.29 bits per heavy atom. The molecule has 0 spiro atoms. The molecule has 0 fully saturated rings. The number of benzene rings is 2. The summed E-state index contributed by atoms with van der Waals surface area (Å²) in [4.78, 5) is 23.0. The Kier molecular flexibility index (Phi) is 5.97. The van der Waals surface area contributed by atoms with Gasteiger partial charge >= 0.3 is 6.03 Å². The van der Waals surface area contributed by atoms with E-state index in [2.05, 4.69) is 16.0 Å². The smallest absolute Gasteiger partial charge is 0.318 e. The molecule has 126 valence electrons. The number of ether oxygens (including phenoxy) is 1. The third-order valence-corrected chi connectivity index (χ3v) is 3.20. The molecule has 0 saturated carbocycles. The van der Waals surface area contributed by atoms with Gasteiger partial charge in [0, 0.05) is 24.5 Å². The molecular weight excluding hydrogens is 337 g/mol. The van der Waals surface area contributed by atoms with Gasteiger partial charge in [0.1, 0.15) is 11.6 Å². The quantitative estimate of drug-likeness (QED) is 0.773. The number of carbonyl (C=O) groups excluding carboxylic acids is 2. The average Bonchev–Trinajstić information content (AvgIpc) is 2.57. The van der Waals surface area contributed by atoms with E-state index in [-0.39, 0.29) is 23.6 Å². The first kappa shape index (κ1) is 17.6. The van der Waals surface area contributed by atoms with Gasteiger partial charge in [0.2, 0.25) is 0 Å². The van der Waals surface area contributed by atoms with Gasteiger partial charge in [0.05, 0.1) is 5.02 Å². The van der Waals surface area contributed by atoms with E-state index in [1.54, 1.807) is 24.3 Å². The van der Waals surface area contributed by atoms with Gasteiger partial charge in [-0.15, -0.1) is 0 Å². The summed E-state index contributed by atoms with van der Waals surface area (Å²) in [6, 6.07) is 10.1. The van der Waals surface area contributed by atoms with Gasteiger partial charge in [-0.25, -0.2) is 9.18 Å². The highest BCUT2D eigenvalue weighted by molar-refractivity contribution is 6.30. The van der Waals surface area contributed by atoms with Crippen LogP contribution in [0.5, 0.6) is 5.75 Å². The molecule has 2 aromatic rings. The maximum absolute atomic E-state index is 13.0. The molecule has 3 N–H and O–H groups in total. The Balaban J connectivity index is 1.85. The fourth-order valence-corrected chi connectivity index (χ4v) is 1.91. The second kappa shape index (κ2) is 8.16. The summed E-state index contributed by atoms with van der Waals surface area (Å²) >= 11 is 5.63. The van der Waals surface area contributed by atoms with Crippen molar-refractivity contribution in [3.63, 3.8) is 0 Å². The molecule has 0 aliphatic rings. The lowest BCUT2D eigenvalue weighted by atomic mass is 10.3. The number of carbonyl (C=O) groups is 2. The van der Waals surface area contributed by atoms with E-state index < -0.39 is 5.82 Å². The number of hydrogen-bond donors (Lipinski definition) is 3. The minimum atomic E-state index is -0.557. The van der Waals surface area contributed by atoms with Gasteiger partial charge in [-0.05, 0) is 36.4 Å². The minimum absolute atomic E-state index is 0.0767. The zero-order valence-electron chi connectivity index (χ0n) is 12.7. The first-order valence-corrected chi connectivity index (χ1v) is 7.32. The number of hydrogen-bond acceptors (Lipinski definition) is 3. The lowest BCUT2D eigenvalue weighted by Gasteiger charge is -2.09. The topological polar surface area (TPSA) is 79.5 Å². The fraction of sp³-hybridized carbons (Fsp3) is 0.125. The van der Waals surface area contributed by atoms with E-state index in [4.69, 9.17) is 16.3 Å². The van der Waals surface area contributed by atoms with Gasteiger partial charge in [-0.3, -0.25) is 4.79 Å². The molecule has 2 aromatic carbocycles. The van der Waals surface area contributed by atoms with Gasteiger partial charge in [0.25, 0.3) is 5.91 Å². The Labute approximate surface area is 143 Å². The van der Waals surface area contributed by atoms with Crippen molar-refractivity contribution in [3.05, 3.63) is 53.3 Å². The van der Waals surface area contributed by atoms with Crippen molar-refractivity contribution >= 4 is 34.9 Å². The maximum Gasteiger partial charge on any atom is 0.318 e. The lowest BCUT2D eigenvalue weighted by Crippen LogP contribution is -2.24. The fourth-order valence-electron chi connectivity index (χ4n) is 1.74. The van der Waals surface area contributed by atoms with Crippen LogP contribution in [0.25, 0.3) is 0 Å². The number of urea groups is 1. The van der Waals surface area contributed by atoms with Gasteiger partial charge in [0.15, 0.2) is 6.61 Å². The van der Waals surface area contributed by atoms with Crippen LogP contribution in [0.1, 0.15) is 0 Å². The van der Waals surface area contributed by atoms with Crippen molar-refractivity contribution in [2.24, 2.45) is 0 Å². The van der Waals surface area contributed by atoms with Crippen LogP contribution in [0.4, 0.5) is 20.6 Å². The van der Waals surface area contributed by atoms with E-state index in [9.17, 15) is 14.0 Å². The molecule has 3 amide bonds. The molecule has 0 unspecified atom stereocenters. The summed E-state index contributed by atoms with van der Waals surface area (Å²) in [7, 11) is 1.51.